The summed E-state index contributed by atoms with van der Waals surface area (Å²) in [5.41, 5.74) is 3.08. The van der Waals surface area contributed by atoms with E-state index in [1.54, 1.807) is 12.3 Å². The molecule has 1 aromatic carbocycles. The summed E-state index contributed by atoms with van der Waals surface area (Å²) in [6, 6.07) is 6.07. The summed E-state index contributed by atoms with van der Waals surface area (Å²) in [7, 11) is 1.87. The van der Waals surface area contributed by atoms with E-state index in [1.165, 1.54) is 12.1 Å². The number of nitrogens with zero attached hydrogens (tertiary/aromatic N) is 1. The number of benzene rings is 1. The van der Waals surface area contributed by atoms with Gasteiger partial charge in [-0.2, -0.15) is 0 Å². The Morgan fingerprint density at radius 2 is 2.00 bits per heavy atom. The lowest BCUT2D eigenvalue weighted by Gasteiger charge is -2.19. The quantitative estimate of drug-likeness (QED) is 0.905. The molecule has 106 valence electrons. The third-order valence-corrected chi connectivity index (χ3v) is 3.47. The van der Waals surface area contributed by atoms with Crippen molar-refractivity contribution >= 4 is 0 Å². The molecule has 1 atom stereocenters. The van der Waals surface area contributed by atoms with E-state index in [4.69, 9.17) is 0 Å². The summed E-state index contributed by atoms with van der Waals surface area (Å²) in [5.74, 6) is -1.62. The molecule has 0 aliphatic rings. The maximum Gasteiger partial charge on any atom is 0.159 e. The number of aryl methyl sites for hydroxylation is 1. The van der Waals surface area contributed by atoms with Crippen LogP contribution in [0.4, 0.5) is 8.78 Å². The summed E-state index contributed by atoms with van der Waals surface area (Å²) < 4.78 is 26.2. The van der Waals surface area contributed by atoms with Gasteiger partial charge in [0, 0.05) is 18.4 Å². The Hall–Kier alpha value is -1.81. The van der Waals surface area contributed by atoms with Gasteiger partial charge in [-0.1, -0.05) is 13.0 Å². The van der Waals surface area contributed by atoms with E-state index in [2.05, 4.69) is 17.2 Å². The van der Waals surface area contributed by atoms with E-state index < -0.39 is 11.6 Å². The lowest BCUT2D eigenvalue weighted by molar-refractivity contribution is 0.504. The SMILES string of the molecule is CCc1cnccc1C(Cc1ccc(F)c(F)c1)NC. The van der Waals surface area contributed by atoms with Gasteiger partial charge in [0.2, 0.25) is 0 Å². The fourth-order valence-corrected chi connectivity index (χ4v) is 2.34. The van der Waals surface area contributed by atoms with E-state index in [-0.39, 0.29) is 6.04 Å². The first-order valence-corrected chi connectivity index (χ1v) is 6.69. The molecule has 0 amide bonds. The summed E-state index contributed by atoms with van der Waals surface area (Å²) in [5, 5.41) is 3.23. The third-order valence-electron chi connectivity index (χ3n) is 3.47. The predicted octanol–water partition coefficient (Wildman–Crippen LogP) is 3.43. The van der Waals surface area contributed by atoms with E-state index in [1.807, 2.05) is 19.3 Å². The monoisotopic (exact) mass is 276 g/mol. The van der Waals surface area contributed by atoms with Crippen molar-refractivity contribution in [3.63, 3.8) is 0 Å². The Morgan fingerprint density at radius 1 is 1.20 bits per heavy atom. The van der Waals surface area contributed by atoms with Crippen LogP contribution < -0.4 is 5.32 Å². The molecule has 1 unspecified atom stereocenters. The first kappa shape index (κ1) is 14.6. The number of hydrogen-bond donors (Lipinski definition) is 1. The molecule has 1 N–H and O–H groups in total. The molecular weight excluding hydrogens is 258 g/mol. The number of halogens is 2. The maximum absolute atomic E-state index is 13.3. The molecule has 0 saturated heterocycles. The molecule has 0 bridgehead atoms. The smallest absolute Gasteiger partial charge is 0.159 e. The van der Waals surface area contributed by atoms with Crippen LogP contribution in [0.1, 0.15) is 29.7 Å². The highest BCUT2D eigenvalue weighted by Gasteiger charge is 2.14. The highest BCUT2D eigenvalue weighted by molar-refractivity contribution is 5.29. The third kappa shape index (κ3) is 3.20. The van der Waals surface area contributed by atoms with Gasteiger partial charge in [0.15, 0.2) is 11.6 Å². The zero-order chi connectivity index (χ0) is 14.5. The molecule has 2 aromatic rings. The lowest BCUT2D eigenvalue weighted by atomic mass is 9.95. The zero-order valence-electron chi connectivity index (χ0n) is 11.7. The van der Waals surface area contributed by atoms with Crippen molar-refractivity contribution in [3.05, 3.63) is 65.0 Å². The Morgan fingerprint density at radius 3 is 2.65 bits per heavy atom. The van der Waals surface area contributed by atoms with Gasteiger partial charge in [-0.3, -0.25) is 4.98 Å². The van der Waals surface area contributed by atoms with Gasteiger partial charge in [0.25, 0.3) is 0 Å². The van der Waals surface area contributed by atoms with Crippen molar-refractivity contribution in [2.45, 2.75) is 25.8 Å². The average Bonchev–Trinajstić information content (AvgIpc) is 2.48. The molecule has 0 fully saturated rings. The highest BCUT2D eigenvalue weighted by Crippen LogP contribution is 2.22. The van der Waals surface area contributed by atoms with Crippen LogP contribution in [0.25, 0.3) is 0 Å². The van der Waals surface area contributed by atoms with Crippen LogP contribution in [0.3, 0.4) is 0 Å². The van der Waals surface area contributed by atoms with E-state index in [0.29, 0.717) is 6.42 Å². The van der Waals surface area contributed by atoms with Crippen molar-refractivity contribution in [1.82, 2.24) is 10.3 Å². The van der Waals surface area contributed by atoms with Crippen LogP contribution >= 0.6 is 0 Å². The summed E-state index contributed by atoms with van der Waals surface area (Å²) >= 11 is 0. The summed E-state index contributed by atoms with van der Waals surface area (Å²) in [6.07, 6.45) is 5.10. The van der Waals surface area contributed by atoms with E-state index >= 15 is 0 Å². The van der Waals surface area contributed by atoms with Crippen molar-refractivity contribution in [2.75, 3.05) is 7.05 Å². The maximum atomic E-state index is 13.3. The van der Waals surface area contributed by atoms with E-state index in [9.17, 15) is 8.78 Å². The molecular formula is C16H18F2N2. The van der Waals surface area contributed by atoms with Crippen molar-refractivity contribution < 1.29 is 8.78 Å². The number of nitrogens with one attached hydrogen (secondary N) is 1. The average molecular weight is 276 g/mol. The number of hydrogen-bond acceptors (Lipinski definition) is 2. The number of rotatable bonds is 5. The largest absolute Gasteiger partial charge is 0.313 e. The Kier molecular flexibility index (Phi) is 4.79. The van der Waals surface area contributed by atoms with Crippen LogP contribution in [-0.2, 0) is 12.8 Å². The fraction of sp³-hybridized carbons (Fsp3) is 0.312. The molecule has 0 saturated carbocycles. The van der Waals surface area contributed by atoms with Gasteiger partial charge in [-0.05, 0) is 54.8 Å². The van der Waals surface area contributed by atoms with Gasteiger partial charge < -0.3 is 5.32 Å². The molecule has 2 rings (SSSR count). The van der Waals surface area contributed by atoms with Crippen molar-refractivity contribution in [3.8, 4) is 0 Å². The molecule has 0 aliphatic heterocycles. The van der Waals surface area contributed by atoms with Crippen LogP contribution in [0.15, 0.2) is 36.7 Å². The van der Waals surface area contributed by atoms with Crippen LogP contribution in [-0.4, -0.2) is 12.0 Å². The van der Waals surface area contributed by atoms with Gasteiger partial charge in [-0.15, -0.1) is 0 Å². The molecule has 2 nitrogen and oxygen atoms in total. The molecule has 4 heteroatoms. The standard InChI is InChI=1S/C16H18F2N2/c1-3-12-10-20-7-6-13(12)16(19-2)9-11-4-5-14(17)15(18)8-11/h4-8,10,16,19H,3,9H2,1-2H3. The van der Waals surface area contributed by atoms with Gasteiger partial charge >= 0.3 is 0 Å². The molecule has 0 aliphatic carbocycles. The Balaban J connectivity index is 2.26. The molecule has 1 heterocycles. The topological polar surface area (TPSA) is 24.9 Å². The minimum atomic E-state index is -0.812. The number of likely N-dealkylation sites (N-methyl/N-ethyl adjacent to an activating group) is 1. The van der Waals surface area contributed by atoms with Crippen molar-refractivity contribution in [1.29, 1.82) is 0 Å². The van der Waals surface area contributed by atoms with Gasteiger partial charge in [-0.25, -0.2) is 8.78 Å². The second kappa shape index (κ2) is 6.57. The van der Waals surface area contributed by atoms with Crippen LogP contribution in [0.5, 0.6) is 0 Å². The molecule has 1 aromatic heterocycles. The number of pyridine rings is 1. The molecule has 0 spiro atoms. The minimum absolute atomic E-state index is 0.0535. The normalized spacial score (nSPS) is 12.4. The molecule has 0 radical (unpaired) electrons. The first-order valence-electron chi connectivity index (χ1n) is 6.69. The summed E-state index contributed by atoms with van der Waals surface area (Å²) in [4.78, 5) is 4.13. The van der Waals surface area contributed by atoms with Gasteiger partial charge in [0.1, 0.15) is 0 Å². The Bertz CT molecular complexity index is 584. The van der Waals surface area contributed by atoms with Gasteiger partial charge in [0.05, 0.1) is 0 Å². The van der Waals surface area contributed by atoms with E-state index in [0.717, 1.165) is 23.1 Å². The predicted molar refractivity (Wildman–Crippen MR) is 75.5 cm³/mol. The molecule has 20 heavy (non-hydrogen) atoms. The van der Waals surface area contributed by atoms with Crippen LogP contribution in [0.2, 0.25) is 0 Å². The second-order valence-corrected chi connectivity index (χ2v) is 4.72. The van der Waals surface area contributed by atoms with Crippen LogP contribution in [0, 0.1) is 11.6 Å². The zero-order valence-corrected chi connectivity index (χ0v) is 11.7. The second-order valence-electron chi connectivity index (χ2n) is 4.72. The fourth-order valence-electron chi connectivity index (χ4n) is 2.34. The first-order chi connectivity index (χ1) is 9.65. The lowest BCUT2D eigenvalue weighted by Crippen LogP contribution is -2.20. The number of aromatic nitrogens is 1. The Labute approximate surface area is 117 Å². The minimum Gasteiger partial charge on any atom is -0.313 e. The summed E-state index contributed by atoms with van der Waals surface area (Å²) in [6.45, 7) is 2.07. The highest BCUT2D eigenvalue weighted by atomic mass is 19.2. The van der Waals surface area contributed by atoms with Crippen molar-refractivity contribution in [2.24, 2.45) is 0 Å².